The second-order valence-electron chi connectivity index (χ2n) is 3.31. The summed E-state index contributed by atoms with van der Waals surface area (Å²) in [6.07, 6.45) is 1.45. The van der Waals surface area contributed by atoms with E-state index >= 15 is 0 Å². The van der Waals surface area contributed by atoms with Crippen LogP contribution in [0, 0.1) is 6.92 Å². The van der Waals surface area contributed by atoms with Crippen LogP contribution in [0.1, 0.15) is 37.0 Å². The minimum Gasteiger partial charge on any atom is -0.388 e. The number of aliphatic hydroxyl groups excluding tert-OH is 1. The molecule has 0 unspecified atom stereocenters. The summed E-state index contributed by atoms with van der Waals surface area (Å²) in [6.45, 7) is 4.01. The third-order valence-corrected chi connectivity index (χ3v) is 2.55. The predicted octanol–water partition coefficient (Wildman–Crippen LogP) is 3.48. The van der Waals surface area contributed by atoms with Crippen molar-refractivity contribution in [2.24, 2.45) is 0 Å². The van der Waals surface area contributed by atoms with Crippen LogP contribution in [0.3, 0.4) is 0 Å². The summed E-state index contributed by atoms with van der Waals surface area (Å²) in [4.78, 5) is 0. The molecule has 0 aliphatic carbocycles. The normalized spacial score (nSPS) is 12.9. The quantitative estimate of drug-likeness (QED) is 0.789. The van der Waals surface area contributed by atoms with E-state index in [1.54, 1.807) is 0 Å². The van der Waals surface area contributed by atoms with Crippen LogP contribution in [0.25, 0.3) is 0 Å². The highest BCUT2D eigenvalue weighted by Gasteiger charge is 2.06. The fourth-order valence-electron chi connectivity index (χ4n) is 1.32. The minimum atomic E-state index is -0.346. The van der Waals surface area contributed by atoms with Gasteiger partial charge in [0.15, 0.2) is 0 Å². The molecular formula is C11H15ClO. The maximum Gasteiger partial charge on any atom is 0.0790 e. The second kappa shape index (κ2) is 4.64. The largest absolute Gasteiger partial charge is 0.388 e. The van der Waals surface area contributed by atoms with Gasteiger partial charge in [0.2, 0.25) is 0 Å². The number of benzene rings is 1. The Morgan fingerprint density at radius 1 is 1.46 bits per heavy atom. The topological polar surface area (TPSA) is 20.2 Å². The molecule has 0 saturated carbocycles. The monoisotopic (exact) mass is 198 g/mol. The number of aryl methyl sites for hydroxylation is 1. The lowest BCUT2D eigenvalue weighted by molar-refractivity contribution is 0.166. The Hall–Kier alpha value is -0.530. The zero-order valence-electron chi connectivity index (χ0n) is 8.05. The van der Waals surface area contributed by atoms with Crippen molar-refractivity contribution in [3.63, 3.8) is 0 Å². The molecule has 2 heteroatoms. The molecule has 0 radical (unpaired) electrons. The summed E-state index contributed by atoms with van der Waals surface area (Å²) < 4.78 is 0. The van der Waals surface area contributed by atoms with Gasteiger partial charge in [-0.25, -0.2) is 0 Å². The minimum absolute atomic E-state index is 0.346. The van der Waals surface area contributed by atoms with E-state index in [2.05, 4.69) is 6.92 Å². The average Bonchev–Trinajstić information content (AvgIpc) is 2.10. The van der Waals surface area contributed by atoms with Crippen molar-refractivity contribution in [2.75, 3.05) is 0 Å². The Bertz CT molecular complexity index is 283. The molecule has 1 aromatic carbocycles. The SMILES string of the molecule is CCC[C@@H](O)c1ccc(Cl)c(C)c1. The van der Waals surface area contributed by atoms with Crippen molar-refractivity contribution in [1.29, 1.82) is 0 Å². The first-order valence-electron chi connectivity index (χ1n) is 4.59. The number of rotatable bonds is 3. The molecule has 0 fully saturated rings. The van der Waals surface area contributed by atoms with Crippen LogP contribution in [0.15, 0.2) is 18.2 Å². The van der Waals surface area contributed by atoms with Crippen molar-refractivity contribution in [1.82, 2.24) is 0 Å². The fraction of sp³-hybridized carbons (Fsp3) is 0.455. The molecule has 1 aromatic rings. The molecule has 0 heterocycles. The lowest BCUT2D eigenvalue weighted by atomic mass is 10.0. The molecule has 0 spiro atoms. The van der Waals surface area contributed by atoms with E-state index in [-0.39, 0.29) is 6.10 Å². The maximum atomic E-state index is 9.69. The van der Waals surface area contributed by atoms with Gasteiger partial charge in [0.05, 0.1) is 6.10 Å². The van der Waals surface area contributed by atoms with Crippen LogP contribution in [-0.4, -0.2) is 5.11 Å². The Morgan fingerprint density at radius 2 is 2.15 bits per heavy atom. The van der Waals surface area contributed by atoms with Gasteiger partial charge in [0, 0.05) is 5.02 Å². The van der Waals surface area contributed by atoms with Crippen LogP contribution in [0.5, 0.6) is 0 Å². The third-order valence-electron chi connectivity index (χ3n) is 2.13. The van der Waals surface area contributed by atoms with Crippen LogP contribution in [-0.2, 0) is 0 Å². The zero-order valence-corrected chi connectivity index (χ0v) is 8.80. The summed E-state index contributed by atoms with van der Waals surface area (Å²) in [5.74, 6) is 0. The highest BCUT2D eigenvalue weighted by atomic mass is 35.5. The van der Waals surface area contributed by atoms with Crippen LogP contribution >= 0.6 is 11.6 Å². The molecular weight excluding hydrogens is 184 g/mol. The van der Waals surface area contributed by atoms with Crippen molar-refractivity contribution in [3.05, 3.63) is 34.3 Å². The van der Waals surface area contributed by atoms with E-state index < -0.39 is 0 Å². The lowest BCUT2D eigenvalue weighted by Gasteiger charge is -2.10. The summed E-state index contributed by atoms with van der Waals surface area (Å²) in [5, 5.41) is 10.4. The Labute approximate surface area is 84.4 Å². The van der Waals surface area contributed by atoms with Crippen LogP contribution < -0.4 is 0 Å². The molecule has 1 atom stereocenters. The molecule has 0 saturated heterocycles. The number of aliphatic hydroxyl groups is 1. The summed E-state index contributed by atoms with van der Waals surface area (Å²) >= 11 is 5.88. The van der Waals surface area contributed by atoms with E-state index in [0.29, 0.717) is 0 Å². The first kappa shape index (κ1) is 10.6. The van der Waals surface area contributed by atoms with E-state index in [1.807, 2.05) is 25.1 Å². The van der Waals surface area contributed by atoms with Gasteiger partial charge in [-0.15, -0.1) is 0 Å². The summed E-state index contributed by atoms with van der Waals surface area (Å²) in [6, 6.07) is 5.67. The van der Waals surface area contributed by atoms with Crippen molar-refractivity contribution < 1.29 is 5.11 Å². The Morgan fingerprint density at radius 3 is 2.69 bits per heavy atom. The fourth-order valence-corrected chi connectivity index (χ4v) is 1.43. The van der Waals surface area contributed by atoms with Crippen molar-refractivity contribution in [3.8, 4) is 0 Å². The van der Waals surface area contributed by atoms with Gasteiger partial charge in [-0.2, -0.15) is 0 Å². The van der Waals surface area contributed by atoms with E-state index in [4.69, 9.17) is 11.6 Å². The van der Waals surface area contributed by atoms with Gasteiger partial charge >= 0.3 is 0 Å². The molecule has 72 valence electrons. The molecule has 13 heavy (non-hydrogen) atoms. The van der Waals surface area contributed by atoms with Crippen LogP contribution in [0.2, 0.25) is 5.02 Å². The zero-order chi connectivity index (χ0) is 9.84. The molecule has 1 N–H and O–H groups in total. The Kier molecular flexibility index (Phi) is 3.76. The van der Waals surface area contributed by atoms with Gasteiger partial charge in [0.1, 0.15) is 0 Å². The van der Waals surface area contributed by atoms with Gasteiger partial charge in [-0.1, -0.05) is 37.1 Å². The molecule has 1 rings (SSSR count). The second-order valence-corrected chi connectivity index (χ2v) is 3.72. The average molecular weight is 199 g/mol. The highest BCUT2D eigenvalue weighted by Crippen LogP contribution is 2.23. The third kappa shape index (κ3) is 2.71. The molecule has 0 bridgehead atoms. The first-order chi connectivity index (χ1) is 6.15. The summed E-state index contributed by atoms with van der Waals surface area (Å²) in [5.41, 5.74) is 1.98. The molecule has 0 aliphatic heterocycles. The van der Waals surface area contributed by atoms with E-state index in [1.165, 1.54) is 0 Å². The number of hydrogen-bond donors (Lipinski definition) is 1. The number of halogens is 1. The van der Waals surface area contributed by atoms with Gasteiger partial charge in [0.25, 0.3) is 0 Å². The van der Waals surface area contributed by atoms with E-state index in [9.17, 15) is 5.11 Å². The highest BCUT2D eigenvalue weighted by molar-refractivity contribution is 6.31. The molecule has 0 aromatic heterocycles. The van der Waals surface area contributed by atoms with Crippen molar-refractivity contribution in [2.45, 2.75) is 32.8 Å². The van der Waals surface area contributed by atoms with Crippen LogP contribution in [0.4, 0.5) is 0 Å². The van der Waals surface area contributed by atoms with Gasteiger partial charge < -0.3 is 5.11 Å². The number of hydrogen-bond acceptors (Lipinski definition) is 1. The standard InChI is InChI=1S/C11H15ClO/c1-3-4-11(13)9-5-6-10(12)8(2)7-9/h5-7,11,13H,3-4H2,1-2H3/t11-/m1/s1. The Balaban J connectivity index is 2.84. The van der Waals surface area contributed by atoms with Gasteiger partial charge in [-0.3, -0.25) is 0 Å². The molecule has 1 nitrogen and oxygen atoms in total. The maximum absolute atomic E-state index is 9.69. The molecule has 0 amide bonds. The first-order valence-corrected chi connectivity index (χ1v) is 4.97. The van der Waals surface area contributed by atoms with Crippen molar-refractivity contribution >= 4 is 11.6 Å². The predicted molar refractivity (Wildman–Crippen MR) is 56.1 cm³/mol. The summed E-state index contributed by atoms with van der Waals surface area (Å²) in [7, 11) is 0. The lowest BCUT2D eigenvalue weighted by Crippen LogP contribution is -1.96. The molecule has 0 aliphatic rings. The van der Waals surface area contributed by atoms with E-state index in [0.717, 1.165) is 29.0 Å². The smallest absolute Gasteiger partial charge is 0.0790 e. The van der Waals surface area contributed by atoms with Gasteiger partial charge in [-0.05, 0) is 30.5 Å².